The molecular weight excluding hydrogens is 232 g/mol. The molecule has 0 atom stereocenters. The van der Waals surface area contributed by atoms with Crippen molar-refractivity contribution in [3.8, 4) is 0 Å². The van der Waals surface area contributed by atoms with E-state index in [0.717, 1.165) is 19.5 Å². The largest absolute Gasteiger partial charge is 0.330 e. The number of nitrogens with two attached hydrogens (primary N) is 1. The molecular formula is C17H28N2. The second-order valence-corrected chi connectivity index (χ2v) is 5.98. The summed E-state index contributed by atoms with van der Waals surface area (Å²) in [5, 5.41) is 0. The third-order valence-electron chi connectivity index (χ3n) is 4.94. The van der Waals surface area contributed by atoms with Crippen LogP contribution in [0.1, 0.15) is 44.2 Å². The van der Waals surface area contributed by atoms with E-state index in [-0.39, 0.29) is 0 Å². The van der Waals surface area contributed by atoms with E-state index >= 15 is 0 Å². The second-order valence-electron chi connectivity index (χ2n) is 5.98. The number of benzene rings is 1. The average molecular weight is 260 g/mol. The van der Waals surface area contributed by atoms with E-state index in [2.05, 4.69) is 43.0 Å². The van der Waals surface area contributed by atoms with Gasteiger partial charge in [-0.3, -0.25) is 4.90 Å². The first kappa shape index (κ1) is 14.5. The molecule has 2 N–H and O–H groups in total. The highest BCUT2D eigenvalue weighted by atomic mass is 15.2. The molecule has 2 rings (SSSR count). The van der Waals surface area contributed by atoms with Gasteiger partial charge < -0.3 is 5.73 Å². The van der Waals surface area contributed by atoms with Gasteiger partial charge in [-0.15, -0.1) is 0 Å². The van der Waals surface area contributed by atoms with Crippen LogP contribution in [0.4, 0.5) is 0 Å². The molecule has 0 aromatic heterocycles. The Bertz CT molecular complexity index is 396. The van der Waals surface area contributed by atoms with Crippen molar-refractivity contribution in [3.63, 3.8) is 0 Å². The highest BCUT2D eigenvalue weighted by Gasteiger charge is 2.34. The van der Waals surface area contributed by atoms with Crippen LogP contribution in [0, 0.1) is 5.41 Å². The summed E-state index contributed by atoms with van der Waals surface area (Å²) in [6, 6.07) is 8.77. The molecule has 1 heterocycles. The lowest BCUT2D eigenvalue weighted by Gasteiger charge is -2.26. The topological polar surface area (TPSA) is 29.3 Å². The van der Waals surface area contributed by atoms with Gasteiger partial charge in [0.1, 0.15) is 0 Å². The summed E-state index contributed by atoms with van der Waals surface area (Å²) in [6.45, 7) is 9.03. The Labute approximate surface area is 118 Å². The van der Waals surface area contributed by atoms with E-state index in [4.69, 9.17) is 5.73 Å². The molecule has 0 spiro atoms. The molecule has 0 aliphatic carbocycles. The summed E-state index contributed by atoms with van der Waals surface area (Å²) in [7, 11) is 0. The maximum absolute atomic E-state index is 5.71. The van der Waals surface area contributed by atoms with Crippen LogP contribution in [0.25, 0.3) is 0 Å². The van der Waals surface area contributed by atoms with Crippen molar-refractivity contribution in [1.29, 1.82) is 0 Å². The Morgan fingerprint density at radius 3 is 2.42 bits per heavy atom. The molecule has 1 aliphatic rings. The molecule has 1 aromatic rings. The molecule has 106 valence electrons. The minimum Gasteiger partial charge on any atom is -0.330 e. The van der Waals surface area contributed by atoms with E-state index in [1.807, 2.05) is 0 Å². The van der Waals surface area contributed by atoms with E-state index < -0.39 is 0 Å². The average Bonchev–Trinajstić information content (AvgIpc) is 2.85. The van der Waals surface area contributed by atoms with Gasteiger partial charge in [0.25, 0.3) is 0 Å². The summed E-state index contributed by atoms with van der Waals surface area (Å²) in [5.74, 6) is 0. The van der Waals surface area contributed by atoms with Crippen molar-refractivity contribution in [3.05, 3.63) is 35.4 Å². The van der Waals surface area contributed by atoms with Gasteiger partial charge in [0, 0.05) is 13.1 Å². The third kappa shape index (κ3) is 3.37. The van der Waals surface area contributed by atoms with Crippen LogP contribution in [0.5, 0.6) is 0 Å². The van der Waals surface area contributed by atoms with Gasteiger partial charge in [0.05, 0.1) is 0 Å². The van der Waals surface area contributed by atoms with Crippen molar-refractivity contribution >= 4 is 0 Å². The molecule has 0 unspecified atom stereocenters. The molecule has 0 radical (unpaired) electrons. The van der Waals surface area contributed by atoms with Crippen molar-refractivity contribution < 1.29 is 0 Å². The molecule has 0 saturated carbocycles. The van der Waals surface area contributed by atoms with Gasteiger partial charge >= 0.3 is 0 Å². The van der Waals surface area contributed by atoms with E-state index in [9.17, 15) is 0 Å². The molecule has 1 aliphatic heterocycles. The molecule has 1 aromatic carbocycles. The highest BCUT2D eigenvalue weighted by Crippen LogP contribution is 2.37. The first-order chi connectivity index (χ1) is 9.23. The van der Waals surface area contributed by atoms with Crippen LogP contribution >= 0.6 is 0 Å². The first-order valence-electron chi connectivity index (χ1n) is 7.72. The fourth-order valence-electron chi connectivity index (χ4n) is 3.34. The predicted octanol–water partition coefficient (Wildman–Crippen LogP) is 3.20. The van der Waals surface area contributed by atoms with E-state index in [1.165, 1.54) is 43.5 Å². The Morgan fingerprint density at radius 2 is 1.84 bits per heavy atom. The number of likely N-dealkylation sites (tertiary alicyclic amines) is 1. The third-order valence-corrected chi connectivity index (χ3v) is 4.94. The normalized spacial score (nSPS) is 18.9. The number of hydrogen-bond acceptors (Lipinski definition) is 2. The van der Waals surface area contributed by atoms with Gasteiger partial charge in [-0.05, 0) is 55.3 Å². The zero-order valence-corrected chi connectivity index (χ0v) is 12.5. The lowest BCUT2D eigenvalue weighted by molar-refractivity contribution is 0.236. The van der Waals surface area contributed by atoms with Crippen LogP contribution in [-0.4, -0.2) is 24.5 Å². The van der Waals surface area contributed by atoms with Gasteiger partial charge in [0.15, 0.2) is 0 Å². The molecule has 0 bridgehead atoms. The van der Waals surface area contributed by atoms with E-state index in [1.54, 1.807) is 0 Å². The number of rotatable bonds is 6. The maximum Gasteiger partial charge on any atom is 0.0236 e. The quantitative estimate of drug-likeness (QED) is 0.851. The highest BCUT2D eigenvalue weighted by molar-refractivity contribution is 5.27. The molecule has 1 saturated heterocycles. The predicted molar refractivity (Wildman–Crippen MR) is 82.1 cm³/mol. The monoisotopic (exact) mass is 260 g/mol. The smallest absolute Gasteiger partial charge is 0.0236 e. The van der Waals surface area contributed by atoms with Crippen molar-refractivity contribution in [2.45, 2.75) is 46.1 Å². The fraction of sp³-hybridized carbons (Fsp3) is 0.647. The lowest BCUT2D eigenvalue weighted by atomic mass is 9.82. The van der Waals surface area contributed by atoms with Gasteiger partial charge in [-0.25, -0.2) is 0 Å². The van der Waals surface area contributed by atoms with Crippen molar-refractivity contribution in [2.75, 3.05) is 19.6 Å². The second kappa shape index (κ2) is 6.53. The molecule has 0 amide bonds. The van der Waals surface area contributed by atoms with E-state index in [0.29, 0.717) is 5.41 Å². The summed E-state index contributed by atoms with van der Waals surface area (Å²) in [4.78, 5) is 2.63. The minimum atomic E-state index is 0.572. The summed E-state index contributed by atoms with van der Waals surface area (Å²) in [6.07, 6.45) is 4.98. The Balaban J connectivity index is 2.03. The Morgan fingerprint density at radius 1 is 1.16 bits per heavy atom. The van der Waals surface area contributed by atoms with Crippen LogP contribution in [0.15, 0.2) is 24.3 Å². The minimum absolute atomic E-state index is 0.572. The van der Waals surface area contributed by atoms with Crippen LogP contribution in [0.3, 0.4) is 0 Å². The van der Waals surface area contributed by atoms with Crippen LogP contribution in [0.2, 0.25) is 0 Å². The maximum atomic E-state index is 5.71. The number of nitrogens with zero attached hydrogens (tertiary/aromatic N) is 1. The SMILES string of the molecule is CCC1(CC)CCN(Cc2ccccc2CCN)C1. The van der Waals surface area contributed by atoms with Crippen molar-refractivity contribution in [2.24, 2.45) is 11.1 Å². The number of hydrogen-bond donors (Lipinski definition) is 1. The van der Waals surface area contributed by atoms with Crippen LogP contribution in [-0.2, 0) is 13.0 Å². The standard InChI is InChI=1S/C17H28N2/c1-3-17(4-2)10-12-19(14-17)13-16-8-6-5-7-15(16)9-11-18/h5-8H,3-4,9-14,18H2,1-2H3. The lowest BCUT2D eigenvalue weighted by Crippen LogP contribution is -2.26. The fourth-order valence-corrected chi connectivity index (χ4v) is 3.34. The summed E-state index contributed by atoms with van der Waals surface area (Å²) < 4.78 is 0. The Kier molecular flexibility index (Phi) is 5.00. The molecule has 2 nitrogen and oxygen atoms in total. The van der Waals surface area contributed by atoms with Crippen LogP contribution < -0.4 is 5.73 Å². The molecule has 1 fully saturated rings. The zero-order chi connectivity index (χ0) is 13.7. The first-order valence-corrected chi connectivity index (χ1v) is 7.72. The van der Waals surface area contributed by atoms with Crippen molar-refractivity contribution in [1.82, 2.24) is 4.90 Å². The Hall–Kier alpha value is -0.860. The summed E-state index contributed by atoms with van der Waals surface area (Å²) in [5.41, 5.74) is 9.18. The summed E-state index contributed by atoms with van der Waals surface area (Å²) >= 11 is 0. The van der Waals surface area contributed by atoms with Gasteiger partial charge in [0.2, 0.25) is 0 Å². The molecule has 19 heavy (non-hydrogen) atoms. The zero-order valence-electron chi connectivity index (χ0n) is 12.5. The molecule has 2 heteroatoms. The van der Waals surface area contributed by atoms with Gasteiger partial charge in [-0.2, -0.15) is 0 Å². The van der Waals surface area contributed by atoms with Gasteiger partial charge in [-0.1, -0.05) is 38.1 Å².